The van der Waals surface area contributed by atoms with Gasteiger partial charge in [0.15, 0.2) is 0 Å². The normalized spacial score (nSPS) is 33.0. The van der Waals surface area contributed by atoms with Gasteiger partial charge in [0.1, 0.15) is 0 Å². The molecule has 0 saturated carbocycles. The fraction of sp³-hybridized carbons (Fsp3) is 1.00. The smallest absolute Gasteiger partial charge is 0.0141 e. The summed E-state index contributed by atoms with van der Waals surface area (Å²) in [6.45, 7) is 2.44. The van der Waals surface area contributed by atoms with Crippen LogP contribution >= 0.6 is 23.5 Å². The van der Waals surface area contributed by atoms with Gasteiger partial charge in [-0.1, -0.05) is 26.2 Å². The van der Waals surface area contributed by atoms with Crippen molar-refractivity contribution in [2.45, 2.75) is 49.5 Å². The highest BCUT2D eigenvalue weighted by Gasteiger charge is 2.24. The Hall–Kier alpha value is 0.700. The van der Waals surface area contributed by atoms with Crippen molar-refractivity contribution in [3.63, 3.8) is 0 Å². The molecule has 2 rings (SSSR count). The Morgan fingerprint density at radius 3 is 2.46 bits per heavy atom. The fourth-order valence-electron chi connectivity index (χ4n) is 1.87. The Morgan fingerprint density at radius 2 is 1.85 bits per heavy atom. The van der Waals surface area contributed by atoms with Gasteiger partial charge >= 0.3 is 0 Å². The van der Waals surface area contributed by atoms with Crippen LogP contribution in [-0.4, -0.2) is 22.0 Å². The molecule has 13 heavy (non-hydrogen) atoms. The molecule has 0 aromatic rings. The molecular weight excluding hydrogens is 196 g/mol. The van der Waals surface area contributed by atoms with Gasteiger partial charge in [-0.15, -0.1) is 0 Å². The van der Waals surface area contributed by atoms with Gasteiger partial charge in [0, 0.05) is 22.0 Å². The summed E-state index contributed by atoms with van der Waals surface area (Å²) in [5.74, 6) is 3.89. The van der Waals surface area contributed by atoms with Crippen LogP contribution in [0.1, 0.15) is 39.0 Å². The van der Waals surface area contributed by atoms with Crippen molar-refractivity contribution in [2.75, 3.05) is 11.5 Å². The summed E-state index contributed by atoms with van der Waals surface area (Å²) in [6.07, 6.45) is 7.43. The molecule has 0 aliphatic carbocycles. The molecule has 2 aliphatic heterocycles. The van der Waals surface area contributed by atoms with Crippen LogP contribution in [0.3, 0.4) is 0 Å². The third-order valence-electron chi connectivity index (χ3n) is 2.94. The number of hydrogen-bond donors (Lipinski definition) is 0. The van der Waals surface area contributed by atoms with Crippen LogP contribution in [0, 0.1) is 5.92 Å². The van der Waals surface area contributed by atoms with Crippen molar-refractivity contribution in [1.29, 1.82) is 0 Å². The maximum Gasteiger partial charge on any atom is 0.0141 e. The molecule has 2 aliphatic rings. The predicted molar refractivity (Wildman–Crippen MR) is 64.7 cm³/mol. The SMILES string of the molecule is CC(CCCCC1CS1)CC1CS1. The minimum atomic E-state index is 0.992. The van der Waals surface area contributed by atoms with Crippen molar-refractivity contribution in [1.82, 2.24) is 0 Å². The lowest BCUT2D eigenvalue weighted by atomic mass is 9.98. The van der Waals surface area contributed by atoms with E-state index in [1.165, 1.54) is 43.6 Å². The van der Waals surface area contributed by atoms with Gasteiger partial charge in [0.05, 0.1) is 0 Å². The molecule has 0 aromatic heterocycles. The molecule has 0 aromatic carbocycles. The van der Waals surface area contributed by atoms with Crippen LogP contribution in [0.4, 0.5) is 0 Å². The summed E-state index contributed by atoms with van der Waals surface area (Å²) in [7, 11) is 0. The molecular formula is C11H20S2. The van der Waals surface area contributed by atoms with Crippen LogP contribution in [0.5, 0.6) is 0 Å². The average Bonchev–Trinajstić information content (AvgIpc) is 2.92. The lowest BCUT2D eigenvalue weighted by Gasteiger charge is -2.08. The molecule has 2 fully saturated rings. The highest BCUT2D eigenvalue weighted by atomic mass is 32.2. The zero-order chi connectivity index (χ0) is 9.10. The first kappa shape index (κ1) is 10.2. The van der Waals surface area contributed by atoms with Gasteiger partial charge in [-0.2, -0.15) is 23.5 Å². The molecule has 0 amide bonds. The van der Waals surface area contributed by atoms with E-state index < -0.39 is 0 Å². The lowest BCUT2D eigenvalue weighted by Crippen LogP contribution is -1.99. The van der Waals surface area contributed by atoms with Gasteiger partial charge in [-0.3, -0.25) is 0 Å². The quantitative estimate of drug-likeness (QED) is 0.469. The van der Waals surface area contributed by atoms with Gasteiger partial charge in [0.2, 0.25) is 0 Å². The Labute approximate surface area is 90.6 Å². The molecule has 76 valence electrons. The predicted octanol–water partition coefficient (Wildman–Crippen LogP) is 3.80. The number of hydrogen-bond acceptors (Lipinski definition) is 2. The summed E-state index contributed by atoms with van der Waals surface area (Å²) >= 11 is 4.29. The Bertz CT molecular complexity index is 150. The second-order valence-corrected chi connectivity index (χ2v) is 7.20. The minimum Gasteiger partial charge on any atom is -0.157 e. The molecule has 3 atom stereocenters. The molecule has 3 unspecified atom stereocenters. The van der Waals surface area contributed by atoms with E-state index in [-0.39, 0.29) is 0 Å². The van der Waals surface area contributed by atoms with E-state index in [9.17, 15) is 0 Å². The zero-order valence-corrected chi connectivity index (χ0v) is 10.1. The van der Waals surface area contributed by atoms with Gasteiger partial charge in [0.25, 0.3) is 0 Å². The highest BCUT2D eigenvalue weighted by Crippen LogP contribution is 2.37. The van der Waals surface area contributed by atoms with Gasteiger partial charge < -0.3 is 0 Å². The van der Waals surface area contributed by atoms with Crippen molar-refractivity contribution in [3.8, 4) is 0 Å². The number of thioether (sulfide) groups is 2. The highest BCUT2D eigenvalue weighted by molar-refractivity contribution is 8.07. The molecule has 0 radical (unpaired) electrons. The first-order valence-corrected chi connectivity index (χ1v) is 7.67. The molecule has 2 heterocycles. The standard InChI is InChI=1S/C11H20S2/c1-9(6-11-8-13-11)4-2-3-5-10-7-12-10/h9-11H,2-8H2,1H3. The van der Waals surface area contributed by atoms with Crippen molar-refractivity contribution in [2.24, 2.45) is 5.92 Å². The van der Waals surface area contributed by atoms with E-state index in [0.29, 0.717) is 0 Å². The average molecular weight is 216 g/mol. The Morgan fingerprint density at radius 1 is 1.15 bits per heavy atom. The topological polar surface area (TPSA) is 0 Å². The maximum atomic E-state index is 2.44. The fourth-order valence-corrected chi connectivity index (χ4v) is 3.24. The van der Waals surface area contributed by atoms with Crippen LogP contribution in [0.15, 0.2) is 0 Å². The van der Waals surface area contributed by atoms with Crippen LogP contribution in [0.2, 0.25) is 0 Å². The maximum absolute atomic E-state index is 2.44. The monoisotopic (exact) mass is 216 g/mol. The summed E-state index contributed by atoms with van der Waals surface area (Å²) in [4.78, 5) is 0. The Kier molecular flexibility index (Phi) is 3.91. The van der Waals surface area contributed by atoms with Crippen molar-refractivity contribution < 1.29 is 0 Å². The molecule has 0 spiro atoms. The summed E-state index contributed by atoms with van der Waals surface area (Å²) in [5, 5.41) is 2.11. The third kappa shape index (κ3) is 4.64. The molecule has 0 nitrogen and oxygen atoms in total. The van der Waals surface area contributed by atoms with E-state index in [4.69, 9.17) is 0 Å². The largest absolute Gasteiger partial charge is 0.157 e. The Balaban J connectivity index is 1.41. The molecule has 2 heteroatoms. The first-order valence-electron chi connectivity index (χ1n) is 5.58. The molecule has 2 saturated heterocycles. The number of unbranched alkanes of at least 4 members (excludes halogenated alkanes) is 1. The third-order valence-corrected chi connectivity index (χ3v) is 4.98. The zero-order valence-electron chi connectivity index (χ0n) is 8.50. The minimum absolute atomic E-state index is 0.992. The number of rotatable bonds is 7. The summed E-state index contributed by atoms with van der Waals surface area (Å²) < 4.78 is 0. The van der Waals surface area contributed by atoms with Crippen molar-refractivity contribution in [3.05, 3.63) is 0 Å². The summed E-state index contributed by atoms with van der Waals surface area (Å²) in [6, 6.07) is 0. The van der Waals surface area contributed by atoms with E-state index in [2.05, 4.69) is 30.4 Å². The lowest BCUT2D eigenvalue weighted by molar-refractivity contribution is 0.470. The van der Waals surface area contributed by atoms with E-state index in [1.807, 2.05) is 0 Å². The first-order chi connectivity index (χ1) is 6.34. The summed E-state index contributed by atoms with van der Waals surface area (Å²) in [5.41, 5.74) is 0. The van der Waals surface area contributed by atoms with E-state index in [1.54, 1.807) is 0 Å². The van der Waals surface area contributed by atoms with Crippen LogP contribution in [-0.2, 0) is 0 Å². The second kappa shape index (κ2) is 4.97. The van der Waals surface area contributed by atoms with Gasteiger partial charge in [-0.25, -0.2) is 0 Å². The molecule has 0 N–H and O–H groups in total. The van der Waals surface area contributed by atoms with Gasteiger partial charge in [-0.05, 0) is 18.8 Å². The second-order valence-electron chi connectivity index (χ2n) is 4.54. The van der Waals surface area contributed by atoms with E-state index >= 15 is 0 Å². The van der Waals surface area contributed by atoms with Crippen LogP contribution in [0.25, 0.3) is 0 Å². The van der Waals surface area contributed by atoms with E-state index in [0.717, 1.165) is 16.4 Å². The molecule has 0 bridgehead atoms. The van der Waals surface area contributed by atoms with Crippen molar-refractivity contribution >= 4 is 23.5 Å². The van der Waals surface area contributed by atoms with Crippen LogP contribution < -0.4 is 0 Å².